The molecule has 0 aromatic carbocycles. The molecule has 0 aromatic heterocycles. The Labute approximate surface area is 115 Å². The van der Waals surface area contributed by atoms with E-state index in [1.165, 1.54) is 4.90 Å². The summed E-state index contributed by atoms with van der Waals surface area (Å²) in [6.45, 7) is 2.01. The van der Waals surface area contributed by atoms with Crippen molar-refractivity contribution in [2.75, 3.05) is 26.3 Å². The number of nitrogens with zero attached hydrogens (tertiary/aromatic N) is 1. The lowest BCUT2D eigenvalue weighted by atomic mass is 9.97. The molecule has 1 amide bonds. The van der Waals surface area contributed by atoms with Crippen LogP contribution in [0.15, 0.2) is 0 Å². The summed E-state index contributed by atoms with van der Waals surface area (Å²) in [7, 11) is 0. The van der Waals surface area contributed by atoms with E-state index in [0.29, 0.717) is 6.42 Å². The van der Waals surface area contributed by atoms with Gasteiger partial charge in [0.25, 0.3) is 0 Å². The van der Waals surface area contributed by atoms with Gasteiger partial charge in [-0.3, -0.25) is 9.69 Å². The lowest BCUT2D eigenvalue weighted by molar-refractivity contribution is -0.212. The zero-order valence-electron chi connectivity index (χ0n) is 11.4. The molecule has 0 radical (unpaired) electrons. The zero-order chi connectivity index (χ0) is 15.3. The van der Waals surface area contributed by atoms with E-state index in [4.69, 9.17) is 10.5 Å². The predicted molar refractivity (Wildman–Crippen MR) is 65.8 cm³/mol. The molecule has 0 bridgehead atoms. The van der Waals surface area contributed by atoms with Crippen LogP contribution in [0, 0.1) is 5.92 Å². The molecule has 118 valence electrons. The Morgan fingerprint density at radius 1 is 1.55 bits per heavy atom. The predicted octanol–water partition coefficient (Wildman–Crippen LogP) is 0.512. The first-order valence-corrected chi connectivity index (χ1v) is 6.56. The summed E-state index contributed by atoms with van der Waals surface area (Å²) >= 11 is 0. The molecule has 3 N–H and O–H groups in total. The highest BCUT2D eigenvalue weighted by Crippen LogP contribution is 2.27. The van der Waals surface area contributed by atoms with Gasteiger partial charge in [0.15, 0.2) is 0 Å². The fourth-order valence-corrected chi connectivity index (χ4v) is 2.18. The van der Waals surface area contributed by atoms with Gasteiger partial charge in [-0.15, -0.1) is 0 Å². The molecule has 1 aliphatic rings. The minimum atomic E-state index is -4.32. The molecule has 0 saturated carbocycles. The Bertz CT molecular complexity index is 326. The first-order valence-electron chi connectivity index (χ1n) is 6.56. The van der Waals surface area contributed by atoms with Crippen LogP contribution in [0.25, 0.3) is 0 Å². The molecule has 5 nitrogen and oxygen atoms in total. The van der Waals surface area contributed by atoms with Gasteiger partial charge in [-0.1, -0.05) is 6.92 Å². The molecule has 1 saturated heterocycles. The summed E-state index contributed by atoms with van der Waals surface area (Å²) in [6.07, 6.45) is -5.05. The number of ether oxygens (including phenoxy) is 1. The van der Waals surface area contributed by atoms with Crippen LogP contribution in [0.3, 0.4) is 0 Å². The Balaban J connectivity index is 2.47. The number of primary amides is 1. The quantitative estimate of drug-likeness (QED) is 0.749. The molecule has 1 rings (SSSR count). The molecule has 1 fully saturated rings. The number of morpholine rings is 1. The minimum absolute atomic E-state index is 0.174. The molecule has 0 aliphatic carbocycles. The number of carbonyl (C=O) groups excluding carboxylic acids is 1. The van der Waals surface area contributed by atoms with Crippen LogP contribution in [-0.4, -0.2) is 60.5 Å². The molecule has 1 heterocycles. The number of alkyl halides is 3. The molecule has 1 aliphatic heterocycles. The van der Waals surface area contributed by atoms with E-state index in [2.05, 4.69) is 0 Å². The largest absolute Gasteiger partial charge is 0.406 e. The zero-order valence-corrected chi connectivity index (χ0v) is 11.4. The topological polar surface area (TPSA) is 75.8 Å². The van der Waals surface area contributed by atoms with Crippen molar-refractivity contribution in [3.8, 4) is 0 Å². The highest BCUT2D eigenvalue weighted by Gasteiger charge is 2.45. The maximum absolute atomic E-state index is 12.8. The number of amides is 1. The Kier molecular flexibility index (Phi) is 6.22. The molecular weight excluding hydrogens is 277 g/mol. The van der Waals surface area contributed by atoms with Gasteiger partial charge >= 0.3 is 6.18 Å². The monoisotopic (exact) mass is 298 g/mol. The van der Waals surface area contributed by atoms with Crippen molar-refractivity contribution in [1.82, 2.24) is 4.90 Å². The lowest BCUT2D eigenvalue weighted by Crippen LogP contribution is -2.53. The van der Waals surface area contributed by atoms with Crippen LogP contribution >= 0.6 is 0 Å². The van der Waals surface area contributed by atoms with Gasteiger partial charge in [-0.05, 0) is 18.9 Å². The summed E-state index contributed by atoms with van der Waals surface area (Å²) < 4.78 is 43.3. The molecule has 3 atom stereocenters. The van der Waals surface area contributed by atoms with Crippen LogP contribution in [0.1, 0.15) is 19.8 Å². The number of hydrogen-bond donors (Lipinski definition) is 2. The van der Waals surface area contributed by atoms with E-state index in [1.807, 2.05) is 0 Å². The number of halogens is 3. The van der Waals surface area contributed by atoms with Gasteiger partial charge in [-0.2, -0.15) is 13.2 Å². The number of nitrogens with two attached hydrogens (primary N) is 1. The average Bonchev–Trinajstić information content (AvgIpc) is 2.34. The summed E-state index contributed by atoms with van der Waals surface area (Å²) in [6, 6.07) is -1.60. The van der Waals surface area contributed by atoms with Gasteiger partial charge in [-0.25, -0.2) is 0 Å². The van der Waals surface area contributed by atoms with Crippen LogP contribution in [0.2, 0.25) is 0 Å². The number of carbonyl (C=O) groups is 1. The molecular formula is C12H21F3N2O3. The van der Waals surface area contributed by atoms with Gasteiger partial charge < -0.3 is 15.6 Å². The van der Waals surface area contributed by atoms with Gasteiger partial charge in [0.2, 0.25) is 5.91 Å². The average molecular weight is 298 g/mol. The van der Waals surface area contributed by atoms with Crippen molar-refractivity contribution >= 4 is 5.91 Å². The van der Waals surface area contributed by atoms with E-state index < -0.39 is 24.2 Å². The first-order chi connectivity index (χ1) is 9.21. The molecule has 8 heteroatoms. The van der Waals surface area contributed by atoms with E-state index >= 15 is 0 Å². The third-order valence-corrected chi connectivity index (χ3v) is 3.56. The second-order valence-corrected chi connectivity index (χ2v) is 5.17. The fraction of sp³-hybridized carbons (Fsp3) is 0.917. The van der Waals surface area contributed by atoms with Crippen molar-refractivity contribution in [2.24, 2.45) is 11.7 Å². The van der Waals surface area contributed by atoms with E-state index in [1.54, 1.807) is 6.92 Å². The van der Waals surface area contributed by atoms with Gasteiger partial charge in [0.1, 0.15) is 6.04 Å². The molecule has 0 spiro atoms. The SMILES string of the molecule is C[C@H](CCN1CCOCC1C(F)(F)F)[C@@H](O)CC(N)=O. The Morgan fingerprint density at radius 2 is 2.20 bits per heavy atom. The van der Waals surface area contributed by atoms with Gasteiger partial charge in [0, 0.05) is 6.54 Å². The second kappa shape index (κ2) is 7.24. The van der Waals surface area contributed by atoms with Crippen LogP contribution in [0.4, 0.5) is 13.2 Å². The maximum Gasteiger partial charge on any atom is 0.406 e. The van der Waals surface area contributed by atoms with E-state index in [-0.39, 0.29) is 38.6 Å². The highest BCUT2D eigenvalue weighted by molar-refractivity contribution is 5.74. The van der Waals surface area contributed by atoms with Crippen molar-refractivity contribution in [2.45, 2.75) is 38.1 Å². The first kappa shape index (κ1) is 17.2. The summed E-state index contributed by atoms with van der Waals surface area (Å²) in [5, 5.41) is 9.68. The highest BCUT2D eigenvalue weighted by atomic mass is 19.4. The number of hydrogen-bond acceptors (Lipinski definition) is 4. The smallest absolute Gasteiger partial charge is 0.392 e. The number of rotatable bonds is 6. The normalized spacial score (nSPS) is 24.4. The van der Waals surface area contributed by atoms with Crippen molar-refractivity contribution in [3.63, 3.8) is 0 Å². The molecule has 0 aromatic rings. The van der Waals surface area contributed by atoms with Crippen LogP contribution in [0.5, 0.6) is 0 Å². The number of aliphatic hydroxyl groups excluding tert-OH is 1. The van der Waals surface area contributed by atoms with Crippen LogP contribution in [-0.2, 0) is 9.53 Å². The van der Waals surface area contributed by atoms with Crippen molar-refractivity contribution in [3.05, 3.63) is 0 Å². The van der Waals surface area contributed by atoms with Gasteiger partial charge in [0.05, 0.1) is 25.7 Å². The second-order valence-electron chi connectivity index (χ2n) is 5.17. The Hall–Kier alpha value is -0.860. The van der Waals surface area contributed by atoms with Crippen molar-refractivity contribution in [1.29, 1.82) is 0 Å². The number of aliphatic hydroxyl groups is 1. The third-order valence-electron chi connectivity index (χ3n) is 3.56. The van der Waals surface area contributed by atoms with Crippen molar-refractivity contribution < 1.29 is 27.8 Å². The summed E-state index contributed by atoms with van der Waals surface area (Å²) in [5.74, 6) is -0.914. The minimum Gasteiger partial charge on any atom is -0.392 e. The third kappa shape index (κ3) is 5.26. The summed E-state index contributed by atoms with van der Waals surface area (Å²) in [4.78, 5) is 12.0. The molecule has 1 unspecified atom stereocenters. The van der Waals surface area contributed by atoms with E-state index in [9.17, 15) is 23.1 Å². The lowest BCUT2D eigenvalue weighted by Gasteiger charge is -2.37. The molecule has 20 heavy (non-hydrogen) atoms. The van der Waals surface area contributed by atoms with Crippen LogP contribution < -0.4 is 5.73 Å². The fourth-order valence-electron chi connectivity index (χ4n) is 2.18. The standard InChI is InChI=1S/C12H21F3N2O3/c1-8(9(18)6-11(16)19)2-3-17-4-5-20-7-10(17)12(13,14)15/h8-10,18H,2-7H2,1H3,(H2,16,19)/t8-,9+,10?/m1/s1. The summed E-state index contributed by atoms with van der Waals surface area (Å²) in [5.41, 5.74) is 4.97. The Morgan fingerprint density at radius 3 is 2.75 bits per heavy atom. The maximum atomic E-state index is 12.8. The van der Waals surface area contributed by atoms with E-state index in [0.717, 1.165) is 0 Å².